The molecule has 1 N–H and O–H groups in total. The van der Waals surface area contributed by atoms with E-state index in [1.807, 2.05) is 19.9 Å². The fourth-order valence-electron chi connectivity index (χ4n) is 1.40. The summed E-state index contributed by atoms with van der Waals surface area (Å²) in [7, 11) is 3.13. The highest BCUT2D eigenvalue weighted by Crippen LogP contribution is 2.17. The quantitative estimate of drug-likeness (QED) is 0.829. The van der Waals surface area contributed by atoms with Crippen LogP contribution in [0.3, 0.4) is 0 Å². The largest absolute Gasteiger partial charge is 0.494 e. The minimum atomic E-state index is -0.335. The molecule has 0 unspecified atom stereocenters. The van der Waals surface area contributed by atoms with Crippen LogP contribution in [0.4, 0.5) is 4.39 Å². The lowest BCUT2D eigenvalue weighted by Gasteiger charge is -2.23. The fourth-order valence-corrected chi connectivity index (χ4v) is 1.40. The Morgan fingerprint density at radius 3 is 2.53 bits per heavy atom. The molecule has 0 spiro atoms. The van der Waals surface area contributed by atoms with Gasteiger partial charge in [-0.2, -0.15) is 0 Å². The molecule has 0 aliphatic carbocycles. The molecule has 96 valence electrons. The average Bonchev–Trinajstić information content (AvgIpc) is 2.29. The standard InChI is InChI=1S/C13H20FNO2/c1-13(2,17-4)9-15-8-10-5-6-12(16-3)11(14)7-10/h5-7,15H,8-9H2,1-4H3. The van der Waals surface area contributed by atoms with Gasteiger partial charge in [-0.05, 0) is 31.5 Å². The van der Waals surface area contributed by atoms with E-state index in [4.69, 9.17) is 9.47 Å². The third-order valence-corrected chi connectivity index (χ3v) is 2.65. The molecule has 0 fully saturated rings. The van der Waals surface area contributed by atoms with Crippen LogP contribution in [0, 0.1) is 5.82 Å². The zero-order chi connectivity index (χ0) is 12.9. The number of hydrogen-bond acceptors (Lipinski definition) is 3. The number of methoxy groups -OCH3 is 2. The fraction of sp³-hybridized carbons (Fsp3) is 0.538. The molecule has 0 saturated carbocycles. The van der Waals surface area contributed by atoms with Gasteiger partial charge in [0.2, 0.25) is 0 Å². The van der Waals surface area contributed by atoms with E-state index in [9.17, 15) is 4.39 Å². The van der Waals surface area contributed by atoms with Crippen molar-refractivity contribution in [1.29, 1.82) is 0 Å². The Labute approximate surface area is 102 Å². The summed E-state index contributed by atoms with van der Waals surface area (Å²) in [6, 6.07) is 4.95. The second-order valence-corrected chi connectivity index (χ2v) is 4.54. The maximum Gasteiger partial charge on any atom is 0.165 e. The van der Waals surface area contributed by atoms with Gasteiger partial charge in [-0.1, -0.05) is 6.07 Å². The molecule has 0 saturated heterocycles. The van der Waals surface area contributed by atoms with E-state index in [0.29, 0.717) is 13.1 Å². The van der Waals surface area contributed by atoms with Gasteiger partial charge in [0.25, 0.3) is 0 Å². The van der Waals surface area contributed by atoms with E-state index in [2.05, 4.69) is 5.32 Å². The highest BCUT2D eigenvalue weighted by atomic mass is 19.1. The first-order valence-electron chi connectivity index (χ1n) is 5.57. The Balaban J connectivity index is 2.50. The third-order valence-electron chi connectivity index (χ3n) is 2.65. The van der Waals surface area contributed by atoms with E-state index < -0.39 is 0 Å². The summed E-state index contributed by atoms with van der Waals surface area (Å²) < 4.78 is 23.5. The Morgan fingerprint density at radius 2 is 2.00 bits per heavy atom. The Bertz CT molecular complexity index is 366. The summed E-state index contributed by atoms with van der Waals surface area (Å²) in [6.07, 6.45) is 0. The first-order valence-corrected chi connectivity index (χ1v) is 5.57. The van der Waals surface area contributed by atoms with Gasteiger partial charge < -0.3 is 14.8 Å². The topological polar surface area (TPSA) is 30.5 Å². The lowest BCUT2D eigenvalue weighted by molar-refractivity contribution is 0.0230. The first kappa shape index (κ1) is 13.9. The number of nitrogens with one attached hydrogen (secondary N) is 1. The van der Waals surface area contributed by atoms with E-state index in [-0.39, 0.29) is 17.2 Å². The molecular weight excluding hydrogens is 221 g/mol. The Kier molecular flexibility index (Phi) is 4.90. The van der Waals surface area contributed by atoms with Crippen molar-refractivity contribution in [1.82, 2.24) is 5.32 Å². The summed E-state index contributed by atoms with van der Waals surface area (Å²) in [5.74, 6) is -0.0660. The number of ether oxygens (including phenoxy) is 2. The molecule has 17 heavy (non-hydrogen) atoms. The highest BCUT2D eigenvalue weighted by Gasteiger charge is 2.15. The van der Waals surface area contributed by atoms with Crippen LogP contribution in [-0.4, -0.2) is 26.4 Å². The van der Waals surface area contributed by atoms with Gasteiger partial charge in [0.15, 0.2) is 11.6 Å². The summed E-state index contributed by atoms with van der Waals surface area (Å²) >= 11 is 0. The third kappa shape index (κ3) is 4.32. The molecule has 1 aromatic carbocycles. The lowest BCUT2D eigenvalue weighted by atomic mass is 10.1. The van der Waals surface area contributed by atoms with Crippen molar-refractivity contribution in [3.05, 3.63) is 29.6 Å². The second kappa shape index (κ2) is 5.98. The van der Waals surface area contributed by atoms with Gasteiger partial charge in [0.1, 0.15) is 0 Å². The van der Waals surface area contributed by atoms with Crippen molar-refractivity contribution in [3.8, 4) is 5.75 Å². The zero-order valence-electron chi connectivity index (χ0n) is 10.8. The minimum absolute atomic E-state index is 0.217. The van der Waals surface area contributed by atoms with Crippen LogP contribution in [0.2, 0.25) is 0 Å². The Morgan fingerprint density at radius 1 is 1.29 bits per heavy atom. The van der Waals surface area contributed by atoms with E-state index in [0.717, 1.165) is 5.56 Å². The predicted molar refractivity (Wildman–Crippen MR) is 65.7 cm³/mol. The highest BCUT2D eigenvalue weighted by molar-refractivity contribution is 5.29. The summed E-state index contributed by atoms with van der Waals surface area (Å²) in [5, 5.41) is 3.23. The SMILES string of the molecule is COc1ccc(CNCC(C)(C)OC)cc1F. The molecule has 1 rings (SSSR count). The van der Waals surface area contributed by atoms with Gasteiger partial charge in [-0.3, -0.25) is 0 Å². The lowest BCUT2D eigenvalue weighted by Crippen LogP contribution is -2.36. The van der Waals surface area contributed by atoms with Crippen molar-refractivity contribution in [2.45, 2.75) is 26.0 Å². The molecule has 0 heterocycles. The van der Waals surface area contributed by atoms with Crippen molar-refractivity contribution in [2.24, 2.45) is 0 Å². The maximum atomic E-state index is 13.4. The van der Waals surface area contributed by atoms with Crippen LogP contribution < -0.4 is 10.1 Å². The van der Waals surface area contributed by atoms with Crippen LogP contribution in [0.15, 0.2) is 18.2 Å². The van der Waals surface area contributed by atoms with Crippen LogP contribution in [0.25, 0.3) is 0 Å². The van der Waals surface area contributed by atoms with E-state index in [1.54, 1.807) is 13.2 Å². The van der Waals surface area contributed by atoms with Gasteiger partial charge in [-0.25, -0.2) is 4.39 Å². The van der Waals surface area contributed by atoms with Crippen molar-refractivity contribution in [3.63, 3.8) is 0 Å². The molecule has 0 amide bonds. The number of halogens is 1. The van der Waals surface area contributed by atoms with Crippen LogP contribution in [0.5, 0.6) is 5.75 Å². The van der Waals surface area contributed by atoms with Crippen molar-refractivity contribution in [2.75, 3.05) is 20.8 Å². The maximum absolute atomic E-state index is 13.4. The predicted octanol–water partition coefficient (Wildman–Crippen LogP) is 2.35. The molecule has 0 atom stereocenters. The molecule has 0 aliphatic heterocycles. The van der Waals surface area contributed by atoms with Crippen LogP contribution >= 0.6 is 0 Å². The van der Waals surface area contributed by atoms with Crippen molar-refractivity contribution >= 4 is 0 Å². The molecule has 4 heteroatoms. The first-order chi connectivity index (χ1) is 7.98. The normalized spacial score (nSPS) is 11.6. The minimum Gasteiger partial charge on any atom is -0.494 e. The number of benzene rings is 1. The number of hydrogen-bond donors (Lipinski definition) is 1. The summed E-state index contributed by atoms with van der Waals surface area (Å²) in [4.78, 5) is 0. The second-order valence-electron chi connectivity index (χ2n) is 4.54. The zero-order valence-corrected chi connectivity index (χ0v) is 10.8. The molecular formula is C13H20FNO2. The number of rotatable bonds is 6. The van der Waals surface area contributed by atoms with Gasteiger partial charge >= 0.3 is 0 Å². The van der Waals surface area contributed by atoms with Crippen molar-refractivity contribution < 1.29 is 13.9 Å². The van der Waals surface area contributed by atoms with Gasteiger partial charge in [-0.15, -0.1) is 0 Å². The van der Waals surface area contributed by atoms with Crippen LogP contribution in [-0.2, 0) is 11.3 Å². The Hall–Kier alpha value is -1.13. The van der Waals surface area contributed by atoms with Gasteiger partial charge in [0.05, 0.1) is 12.7 Å². The summed E-state index contributed by atoms with van der Waals surface area (Å²) in [5.41, 5.74) is 0.667. The van der Waals surface area contributed by atoms with Gasteiger partial charge in [0, 0.05) is 20.2 Å². The summed E-state index contributed by atoms with van der Waals surface area (Å²) in [6.45, 7) is 5.30. The molecule has 0 radical (unpaired) electrons. The van der Waals surface area contributed by atoms with Crippen LogP contribution in [0.1, 0.15) is 19.4 Å². The molecule has 3 nitrogen and oxygen atoms in total. The van der Waals surface area contributed by atoms with E-state index >= 15 is 0 Å². The average molecular weight is 241 g/mol. The monoisotopic (exact) mass is 241 g/mol. The smallest absolute Gasteiger partial charge is 0.165 e. The molecule has 0 bridgehead atoms. The molecule has 1 aromatic rings. The van der Waals surface area contributed by atoms with E-state index in [1.165, 1.54) is 13.2 Å². The molecule has 0 aliphatic rings. The molecule has 0 aromatic heterocycles.